The summed E-state index contributed by atoms with van der Waals surface area (Å²) in [5.41, 5.74) is 2.23. The lowest BCUT2D eigenvalue weighted by Gasteiger charge is -2.17. The molecule has 142 valence electrons. The van der Waals surface area contributed by atoms with Crippen LogP contribution in [0, 0.1) is 5.82 Å². The topological polar surface area (TPSA) is 58.4 Å². The summed E-state index contributed by atoms with van der Waals surface area (Å²) in [6.45, 7) is 7.52. The quantitative estimate of drug-likeness (QED) is 0.659. The Balaban J connectivity index is 1.68. The maximum atomic E-state index is 13.8. The number of fused-ring (bicyclic) bond motifs is 1. The van der Waals surface area contributed by atoms with Crippen LogP contribution in [0.1, 0.15) is 35.7 Å². The Kier molecular flexibility index (Phi) is 6.19. The van der Waals surface area contributed by atoms with Gasteiger partial charge < -0.3 is 14.6 Å². The molecule has 1 amide bonds. The SMILES string of the molecule is CCN(CC)CCNC(=O)c1ccc2nc(Cc3ccccc3F)oc2c1. The second kappa shape index (κ2) is 8.77. The number of hydrogen-bond acceptors (Lipinski definition) is 4. The third kappa shape index (κ3) is 4.71. The van der Waals surface area contributed by atoms with E-state index in [-0.39, 0.29) is 18.1 Å². The van der Waals surface area contributed by atoms with Crippen LogP contribution in [0.15, 0.2) is 46.9 Å². The Bertz CT molecular complexity index is 919. The van der Waals surface area contributed by atoms with Crippen LogP contribution in [0.25, 0.3) is 11.1 Å². The van der Waals surface area contributed by atoms with Crippen LogP contribution in [0.3, 0.4) is 0 Å². The van der Waals surface area contributed by atoms with Crippen molar-refractivity contribution in [2.75, 3.05) is 26.2 Å². The number of benzene rings is 2. The highest BCUT2D eigenvalue weighted by Gasteiger charge is 2.12. The van der Waals surface area contributed by atoms with Crippen molar-refractivity contribution in [1.29, 1.82) is 0 Å². The smallest absolute Gasteiger partial charge is 0.251 e. The number of oxazole rings is 1. The first-order valence-corrected chi connectivity index (χ1v) is 9.24. The molecule has 0 saturated carbocycles. The van der Waals surface area contributed by atoms with E-state index in [1.54, 1.807) is 36.4 Å². The molecule has 3 aromatic rings. The molecule has 1 heterocycles. The summed E-state index contributed by atoms with van der Waals surface area (Å²) in [6, 6.07) is 11.7. The summed E-state index contributed by atoms with van der Waals surface area (Å²) in [4.78, 5) is 19.0. The van der Waals surface area contributed by atoms with Gasteiger partial charge in [0.25, 0.3) is 5.91 Å². The maximum absolute atomic E-state index is 13.8. The summed E-state index contributed by atoms with van der Waals surface area (Å²) in [5, 5.41) is 2.92. The van der Waals surface area contributed by atoms with Crippen molar-refractivity contribution < 1.29 is 13.6 Å². The minimum absolute atomic E-state index is 0.142. The van der Waals surface area contributed by atoms with Crippen LogP contribution in [-0.2, 0) is 6.42 Å². The molecule has 0 spiro atoms. The van der Waals surface area contributed by atoms with Gasteiger partial charge in [-0.15, -0.1) is 0 Å². The van der Waals surface area contributed by atoms with Gasteiger partial charge in [-0.2, -0.15) is 0 Å². The average molecular weight is 369 g/mol. The van der Waals surface area contributed by atoms with Crippen molar-refractivity contribution in [1.82, 2.24) is 15.2 Å². The van der Waals surface area contributed by atoms with E-state index in [0.717, 1.165) is 19.6 Å². The lowest BCUT2D eigenvalue weighted by molar-refractivity contribution is 0.0949. The molecule has 0 radical (unpaired) electrons. The largest absolute Gasteiger partial charge is 0.440 e. The molecule has 0 unspecified atom stereocenters. The van der Waals surface area contributed by atoms with Crippen molar-refractivity contribution in [3.05, 3.63) is 65.3 Å². The Labute approximate surface area is 158 Å². The minimum Gasteiger partial charge on any atom is -0.440 e. The third-order valence-corrected chi connectivity index (χ3v) is 4.60. The van der Waals surface area contributed by atoms with E-state index in [1.165, 1.54) is 6.07 Å². The van der Waals surface area contributed by atoms with Gasteiger partial charge in [0.15, 0.2) is 11.5 Å². The van der Waals surface area contributed by atoms with E-state index in [9.17, 15) is 9.18 Å². The summed E-state index contributed by atoms with van der Waals surface area (Å²) in [5.74, 6) is -0.00155. The first-order chi connectivity index (χ1) is 13.1. The molecule has 0 fully saturated rings. The monoisotopic (exact) mass is 369 g/mol. The molecular formula is C21H24FN3O2. The van der Waals surface area contributed by atoms with E-state index < -0.39 is 0 Å². The van der Waals surface area contributed by atoms with Gasteiger partial charge in [-0.25, -0.2) is 9.37 Å². The fraction of sp³-hybridized carbons (Fsp3) is 0.333. The number of carbonyl (C=O) groups is 1. The van der Waals surface area contributed by atoms with E-state index in [4.69, 9.17) is 4.42 Å². The molecule has 5 nitrogen and oxygen atoms in total. The lowest BCUT2D eigenvalue weighted by atomic mass is 10.1. The molecule has 2 aromatic carbocycles. The van der Waals surface area contributed by atoms with Gasteiger partial charge >= 0.3 is 0 Å². The van der Waals surface area contributed by atoms with E-state index in [2.05, 4.69) is 29.0 Å². The number of likely N-dealkylation sites (N-methyl/N-ethyl adjacent to an activating group) is 1. The van der Waals surface area contributed by atoms with Gasteiger partial charge in [0.05, 0.1) is 6.42 Å². The number of nitrogens with zero attached hydrogens (tertiary/aromatic N) is 2. The molecule has 1 N–H and O–H groups in total. The average Bonchev–Trinajstić information content (AvgIpc) is 3.08. The highest BCUT2D eigenvalue weighted by molar-refractivity contribution is 5.97. The zero-order chi connectivity index (χ0) is 19.2. The highest BCUT2D eigenvalue weighted by Crippen LogP contribution is 2.20. The minimum atomic E-state index is -0.284. The van der Waals surface area contributed by atoms with Crippen LogP contribution in [0.2, 0.25) is 0 Å². The molecule has 0 saturated heterocycles. The van der Waals surface area contributed by atoms with Gasteiger partial charge in [-0.3, -0.25) is 4.79 Å². The Morgan fingerprint density at radius 1 is 1.19 bits per heavy atom. The number of carbonyl (C=O) groups excluding carboxylic acids is 1. The number of nitrogens with one attached hydrogen (secondary N) is 1. The lowest BCUT2D eigenvalue weighted by Crippen LogP contribution is -2.34. The van der Waals surface area contributed by atoms with Crippen LogP contribution in [0.5, 0.6) is 0 Å². The molecule has 0 bridgehead atoms. The standard InChI is InChI=1S/C21H24FN3O2/c1-3-25(4-2)12-11-23-21(26)16-9-10-18-19(13-16)27-20(24-18)14-15-7-5-6-8-17(15)22/h5-10,13H,3-4,11-12,14H2,1-2H3,(H,23,26). The molecule has 6 heteroatoms. The highest BCUT2D eigenvalue weighted by atomic mass is 19.1. The third-order valence-electron chi connectivity index (χ3n) is 4.60. The van der Waals surface area contributed by atoms with Crippen LogP contribution in [0.4, 0.5) is 4.39 Å². The Hall–Kier alpha value is -2.73. The molecule has 27 heavy (non-hydrogen) atoms. The Morgan fingerprint density at radius 3 is 2.70 bits per heavy atom. The molecule has 0 atom stereocenters. The first kappa shape index (κ1) is 19.0. The molecule has 3 rings (SSSR count). The predicted molar refractivity (Wildman–Crippen MR) is 103 cm³/mol. The van der Waals surface area contributed by atoms with Crippen molar-refractivity contribution >= 4 is 17.0 Å². The first-order valence-electron chi connectivity index (χ1n) is 9.24. The van der Waals surface area contributed by atoms with E-state index >= 15 is 0 Å². The van der Waals surface area contributed by atoms with E-state index in [1.807, 2.05) is 0 Å². The maximum Gasteiger partial charge on any atom is 0.251 e. The van der Waals surface area contributed by atoms with Gasteiger partial charge in [0, 0.05) is 18.7 Å². The van der Waals surface area contributed by atoms with Gasteiger partial charge in [0.2, 0.25) is 0 Å². The van der Waals surface area contributed by atoms with Crippen molar-refractivity contribution in [3.8, 4) is 0 Å². The summed E-state index contributed by atoms with van der Waals surface area (Å²) in [6.07, 6.45) is 0.271. The van der Waals surface area contributed by atoms with Crippen LogP contribution >= 0.6 is 0 Å². The van der Waals surface area contributed by atoms with Crippen LogP contribution in [-0.4, -0.2) is 42.0 Å². The summed E-state index contributed by atoms with van der Waals surface area (Å²) >= 11 is 0. The fourth-order valence-electron chi connectivity index (χ4n) is 2.96. The zero-order valence-electron chi connectivity index (χ0n) is 15.7. The Morgan fingerprint density at radius 2 is 1.96 bits per heavy atom. The van der Waals surface area contributed by atoms with E-state index in [0.29, 0.717) is 34.7 Å². The second-order valence-electron chi connectivity index (χ2n) is 6.34. The number of hydrogen-bond donors (Lipinski definition) is 1. The molecule has 0 aliphatic heterocycles. The van der Waals surface area contributed by atoms with Gasteiger partial charge in [-0.05, 0) is 42.9 Å². The van der Waals surface area contributed by atoms with Crippen molar-refractivity contribution in [2.24, 2.45) is 0 Å². The molecular weight excluding hydrogens is 345 g/mol. The van der Waals surface area contributed by atoms with Gasteiger partial charge in [0.1, 0.15) is 11.3 Å². The zero-order valence-corrected chi connectivity index (χ0v) is 15.7. The number of amides is 1. The molecule has 0 aliphatic rings. The fourth-order valence-corrected chi connectivity index (χ4v) is 2.96. The van der Waals surface area contributed by atoms with Crippen LogP contribution < -0.4 is 5.32 Å². The predicted octanol–water partition coefficient (Wildman–Crippen LogP) is 3.63. The number of aromatic nitrogens is 1. The number of halogens is 1. The summed E-state index contributed by atoms with van der Waals surface area (Å²) in [7, 11) is 0. The molecule has 0 aliphatic carbocycles. The second-order valence-corrected chi connectivity index (χ2v) is 6.34. The summed E-state index contributed by atoms with van der Waals surface area (Å²) < 4.78 is 19.5. The van der Waals surface area contributed by atoms with Gasteiger partial charge in [-0.1, -0.05) is 32.0 Å². The van der Waals surface area contributed by atoms with Crippen molar-refractivity contribution in [3.63, 3.8) is 0 Å². The van der Waals surface area contributed by atoms with Crippen molar-refractivity contribution in [2.45, 2.75) is 20.3 Å². The number of rotatable bonds is 8. The molecule has 1 aromatic heterocycles. The normalized spacial score (nSPS) is 11.3.